The van der Waals surface area contributed by atoms with Crippen LogP contribution >= 0.6 is 0 Å². The third kappa shape index (κ3) is 10.9. The summed E-state index contributed by atoms with van der Waals surface area (Å²) in [6.07, 6.45) is 0.379. The number of aryl methyl sites for hydroxylation is 1. The Kier molecular flexibility index (Phi) is 15.4. The van der Waals surface area contributed by atoms with E-state index in [0.29, 0.717) is 24.4 Å². The van der Waals surface area contributed by atoms with Gasteiger partial charge in [0.15, 0.2) is 0 Å². The number of nitrogens with zero attached hydrogens (tertiary/aromatic N) is 4. The van der Waals surface area contributed by atoms with Crippen molar-refractivity contribution in [3.8, 4) is 11.5 Å². The number of carbonyl (C=O) groups is 2. The van der Waals surface area contributed by atoms with E-state index in [0.717, 1.165) is 69.1 Å². The molecule has 2 saturated heterocycles. The predicted octanol–water partition coefficient (Wildman–Crippen LogP) is 6.44. The number of aliphatic hydroxyl groups excluding tert-OH is 2. The fourth-order valence-corrected chi connectivity index (χ4v) is 8.71. The number of aromatic hydroxyl groups is 1. The fraction of sp³-hybridized carbons (Fsp3) is 0.565. The number of anilines is 1. The summed E-state index contributed by atoms with van der Waals surface area (Å²) in [7, 11) is 0. The molecule has 6 rings (SSSR count). The Balaban J connectivity index is 0.000000224. The summed E-state index contributed by atoms with van der Waals surface area (Å²) < 4.78 is 5.96. The maximum Gasteiger partial charge on any atom is 0.233 e. The number of imide groups is 1. The van der Waals surface area contributed by atoms with Gasteiger partial charge in [0.1, 0.15) is 11.5 Å². The summed E-state index contributed by atoms with van der Waals surface area (Å²) in [4.78, 5) is 33.9. The van der Waals surface area contributed by atoms with E-state index >= 15 is 0 Å². The molecule has 3 fully saturated rings. The van der Waals surface area contributed by atoms with Crippen LogP contribution in [0.4, 0.5) is 5.69 Å². The Hall–Kier alpha value is -3.96. The van der Waals surface area contributed by atoms with Crippen LogP contribution in [0.1, 0.15) is 89.8 Å². The highest BCUT2D eigenvalue weighted by Crippen LogP contribution is 2.39. The van der Waals surface area contributed by atoms with Gasteiger partial charge in [-0.25, -0.2) is 0 Å². The number of ether oxygens (including phenoxy) is 1. The second-order valence-corrected chi connectivity index (χ2v) is 16.7. The first-order valence-electron chi connectivity index (χ1n) is 20.8. The largest absolute Gasteiger partial charge is 0.508 e. The minimum absolute atomic E-state index is 0.129. The van der Waals surface area contributed by atoms with Gasteiger partial charge in [-0.3, -0.25) is 24.3 Å². The van der Waals surface area contributed by atoms with Crippen LogP contribution in [0.15, 0.2) is 72.8 Å². The van der Waals surface area contributed by atoms with Crippen molar-refractivity contribution in [2.24, 2.45) is 11.8 Å². The second kappa shape index (κ2) is 19.9. The first-order valence-corrected chi connectivity index (χ1v) is 20.8. The lowest BCUT2D eigenvalue weighted by atomic mass is 9.78. The minimum atomic E-state index is -0.916. The number of phenolic OH excluding ortho intramolecular Hbond substituents is 1. The molecule has 2 amide bonds. The van der Waals surface area contributed by atoms with Gasteiger partial charge in [-0.2, -0.15) is 0 Å². The van der Waals surface area contributed by atoms with Crippen LogP contribution in [0.25, 0.3) is 0 Å². The van der Waals surface area contributed by atoms with Crippen molar-refractivity contribution in [2.45, 2.75) is 110 Å². The van der Waals surface area contributed by atoms with Crippen molar-refractivity contribution < 1.29 is 29.6 Å². The molecule has 2 heterocycles. The van der Waals surface area contributed by atoms with Crippen molar-refractivity contribution in [1.29, 1.82) is 0 Å². The van der Waals surface area contributed by atoms with E-state index in [9.17, 15) is 24.9 Å². The lowest BCUT2D eigenvalue weighted by Gasteiger charge is -2.37. The molecule has 10 heteroatoms. The normalized spacial score (nSPS) is 22.2. The second-order valence-electron chi connectivity index (χ2n) is 16.7. The third-order valence-corrected chi connectivity index (χ3v) is 11.6. The number of carbonyl (C=O) groups excluding carboxylic acids is 2. The van der Waals surface area contributed by atoms with Crippen LogP contribution in [0.5, 0.6) is 11.5 Å². The molecule has 1 saturated carbocycles. The van der Waals surface area contributed by atoms with E-state index in [-0.39, 0.29) is 36.7 Å². The molecule has 10 nitrogen and oxygen atoms in total. The van der Waals surface area contributed by atoms with Gasteiger partial charge in [-0.1, -0.05) is 60.2 Å². The number of fused-ring (bicyclic) bond motifs is 1. The molecule has 5 atom stereocenters. The Morgan fingerprint density at radius 3 is 1.95 bits per heavy atom. The maximum absolute atomic E-state index is 12.7. The van der Waals surface area contributed by atoms with Crippen LogP contribution in [0.3, 0.4) is 0 Å². The molecule has 3 aromatic carbocycles. The number of hydrogen-bond donors (Lipinski definition) is 3. The number of piperazine rings is 1. The van der Waals surface area contributed by atoms with E-state index in [4.69, 9.17) is 4.74 Å². The van der Waals surface area contributed by atoms with E-state index in [1.807, 2.05) is 50.2 Å². The Labute approximate surface area is 335 Å². The van der Waals surface area contributed by atoms with E-state index < -0.39 is 24.0 Å². The van der Waals surface area contributed by atoms with E-state index in [2.05, 4.69) is 85.7 Å². The molecule has 1 aliphatic carbocycles. The molecular formula is C46H66N4O6. The number of benzene rings is 3. The summed E-state index contributed by atoms with van der Waals surface area (Å²) in [5, 5.41) is 30.2. The maximum atomic E-state index is 12.7. The minimum Gasteiger partial charge on any atom is -0.508 e. The zero-order valence-corrected chi connectivity index (χ0v) is 34.7. The monoisotopic (exact) mass is 770 g/mol. The summed E-state index contributed by atoms with van der Waals surface area (Å²) in [6.45, 7) is 21.0. The SMILES string of the molecule is CC(C)Oc1ccccc1N1CCN(CCCN2C(=O)C3CC(O)C(O)CC3C2=O)CC1.Cc1ccc(O)c([C@H](CCN(C(C)C)C(C)C)c2ccccc2)c1. The molecule has 3 N–H and O–H groups in total. The smallest absolute Gasteiger partial charge is 0.233 e. The number of hydrogen-bond acceptors (Lipinski definition) is 9. The van der Waals surface area contributed by atoms with Gasteiger partial charge in [0.25, 0.3) is 0 Å². The van der Waals surface area contributed by atoms with E-state index in [1.165, 1.54) is 16.0 Å². The Morgan fingerprint density at radius 1 is 0.768 bits per heavy atom. The molecule has 0 aromatic heterocycles. The lowest BCUT2D eigenvalue weighted by Crippen LogP contribution is -2.47. The molecule has 0 radical (unpaired) electrons. The van der Waals surface area contributed by atoms with E-state index in [1.54, 1.807) is 0 Å². The van der Waals surface area contributed by atoms with Crippen molar-refractivity contribution in [3.05, 3.63) is 89.5 Å². The van der Waals surface area contributed by atoms with Gasteiger partial charge in [-0.15, -0.1) is 0 Å². The zero-order chi connectivity index (χ0) is 40.5. The van der Waals surface area contributed by atoms with Crippen LogP contribution < -0.4 is 9.64 Å². The molecule has 0 spiro atoms. The summed E-state index contributed by atoms with van der Waals surface area (Å²) in [6, 6.07) is 25.7. The standard InChI is InChI=1S/C24H35N3O5.C22H31NO/c1-16(2)32-22-7-4-3-6-19(22)26-12-10-25(11-13-26)8-5-9-27-23(30)17-14-20(28)21(29)15-18(17)24(27)31;1-16(2)23(17(3)4)14-13-20(19-9-7-6-8-10-19)21-15-18(5)11-12-22(21)24/h3-4,6-7,16-18,20-21,28-29H,5,8-15H2,1-2H3;6-12,15-17,20,24H,13-14H2,1-5H3/t;20-/m.1/s1. The average Bonchev–Trinajstić information content (AvgIpc) is 3.39. The Bertz CT molecular complexity index is 1670. The van der Waals surface area contributed by atoms with Crippen molar-refractivity contribution in [3.63, 3.8) is 0 Å². The predicted molar refractivity (Wildman–Crippen MR) is 223 cm³/mol. The quantitative estimate of drug-likeness (QED) is 0.159. The van der Waals surface area contributed by atoms with Crippen molar-refractivity contribution >= 4 is 17.5 Å². The van der Waals surface area contributed by atoms with Crippen LogP contribution in [-0.4, -0.2) is 118 Å². The molecule has 3 aliphatic rings. The van der Waals surface area contributed by atoms with Crippen LogP contribution in [0, 0.1) is 18.8 Å². The number of rotatable bonds is 14. The zero-order valence-electron chi connectivity index (χ0n) is 34.7. The highest BCUT2D eigenvalue weighted by atomic mass is 16.5. The highest BCUT2D eigenvalue weighted by molar-refractivity contribution is 6.05. The number of aliphatic hydroxyl groups is 2. The number of phenols is 1. The van der Waals surface area contributed by atoms with Gasteiger partial charge >= 0.3 is 0 Å². The molecule has 306 valence electrons. The lowest BCUT2D eigenvalue weighted by molar-refractivity contribution is -0.140. The molecule has 0 bridgehead atoms. The third-order valence-electron chi connectivity index (χ3n) is 11.6. The Morgan fingerprint density at radius 2 is 1.36 bits per heavy atom. The molecule has 2 aliphatic heterocycles. The molecule has 3 aromatic rings. The number of amides is 2. The van der Waals surface area contributed by atoms with Crippen molar-refractivity contribution in [1.82, 2.24) is 14.7 Å². The van der Waals surface area contributed by atoms with Crippen LogP contribution in [-0.2, 0) is 9.59 Å². The van der Waals surface area contributed by atoms with Gasteiger partial charge in [0, 0.05) is 56.3 Å². The first kappa shape index (κ1) is 43.2. The van der Waals surface area contributed by atoms with Gasteiger partial charge in [0.05, 0.1) is 35.8 Å². The van der Waals surface area contributed by atoms with Gasteiger partial charge < -0.3 is 25.0 Å². The topological polar surface area (TPSA) is 117 Å². The summed E-state index contributed by atoms with van der Waals surface area (Å²) in [5.41, 5.74) is 4.62. The molecule has 4 unspecified atom stereocenters. The highest BCUT2D eigenvalue weighted by Gasteiger charge is 2.52. The van der Waals surface area contributed by atoms with Gasteiger partial charge in [-0.05, 0) is 111 Å². The average molecular weight is 771 g/mol. The number of para-hydroxylation sites is 2. The van der Waals surface area contributed by atoms with Gasteiger partial charge in [0.2, 0.25) is 11.8 Å². The van der Waals surface area contributed by atoms with Crippen molar-refractivity contribution in [2.75, 3.05) is 50.7 Å². The fourth-order valence-electron chi connectivity index (χ4n) is 8.71. The number of likely N-dealkylation sites (tertiary alicyclic amines) is 1. The first-order chi connectivity index (χ1) is 26.7. The summed E-state index contributed by atoms with van der Waals surface area (Å²) >= 11 is 0. The molecule has 56 heavy (non-hydrogen) atoms. The summed E-state index contributed by atoms with van der Waals surface area (Å²) in [5.74, 6) is 0.213. The molecular weight excluding hydrogens is 705 g/mol. The van der Waals surface area contributed by atoms with Crippen LogP contribution in [0.2, 0.25) is 0 Å².